The van der Waals surface area contributed by atoms with E-state index in [-0.39, 0.29) is 12.1 Å². The van der Waals surface area contributed by atoms with Gasteiger partial charge in [-0.05, 0) is 37.2 Å². The fourth-order valence-corrected chi connectivity index (χ4v) is 5.69. The van der Waals surface area contributed by atoms with Crippen LogP contribution in [0.2, 0.25) is 0 Å². The lowest BCUT2D eigenvalue weighted by Crippen LogP contribution is -2.34. The number of anilines is 1. The Labute approximate surface area is 187 Å². The van der Waals surface area contributed by atoms with Gasteiger partial charge in [-0.3, -0.25) is 9.48 Å². The number of aliphatic hydroxyl groups is 1. The van der Waals surface area contributed by atoms with E-state index in [0.717, 1.165) is 48.4 Å². The lowest BCUT2D eigenvalue weighted by atomic mass is 9.93. The van der Waals surface area contributed by atoms with Crippen LogP contribution in [-0.2, 0) is 7.05 Å². The van der Waals surface area contributed by atoms with Gasteiger partial charge >= 0.3 is 0 Å². The molecule has 0 aromatic carbocycles. The van der Waals surface area contributed by atoms with E-state index < -0.39 is 5.91 Å². The second kappa shape index (κ2) is 7.90. The molecule has 5 rings (SSSR count). The quantitative estimate of drug-likeness (QED) is 0.540. The number of hydrogen-bond acceptors (Lipinski definition) is 6. The number of aryl methyl sites for hydroxylation is 1. The van der Waals surface area contributed by atoms with Crippen LogP contribution in [0, 0.1) is 17.8 Å². The van der Waals surface area contributed by atoms with Crippen LogP contribution < -0.4 is 11.1 Å². The van der Waals surface area contributed by atoms with Gasteiger partial charge in [0.2, 0.25) is 0 Å². The monoisotopic (exact) mass is 437 g/mol. The predicted molar refractivity (Wildman–Crippen MR) is 122 cm³/mol. The maximum Gasteiger partial charge on any atom is 0.252 e. The topological polar surface area (TPSA) is 114 Å². The Morgan fingerprint density at radius 3 is 2.75 bits per heavy atom. The highest BCUT2D eigenvalue weighted by Gasteiger charge is 2.46. The normalized spacial score (nSPS) is 26.5. The van der Waals surface area contributed by atoms with Crippen molar-refractivity contribution in [1.82, 2.24) is 24.3 Å². The molecule has 0 radical (unpaired) electrons. The summed E-state index contributed by atoms with van der Waals surface area (Å²) in [6, 6.07) is 2.28. The van der Waals surface area contributed by atoms with Gasteiger partial charge < -0.3 is 21.1 Å². The van der Waals surface area contributed by atoms with Crippen LogP contribution >= 0.6 is 0 Å². The van der Waals surface area contributed by atoms with Crippen molar-refractivity contribution in [1.29, 1.82) is 0 Å². The number of aromatic nitrogens is 4. The Morgan fingerprint density at radius 1 is 1.28 bits per heavy atom. The highest BCUT2D eigenvalue weighted by atomic mass is 16.3. The Morgan fingerprint density at radius 2 is 2.09 bits per heavy atom. The highest BCUT2D eigenvalue weighted by Crippen LogP contribution is 2.44. The second-order valence-corrected chi connectivity index (χ2v) is 9.60. The number of carbonyl (C=O) groups is 1. The third-order valence-electron chi connectivity index (χ3n) is 7.23. The molecule has 9 nitrogen and oxygen atoms in total. The number of fused-ring (bicyclic) bond motifs is 2. The van der Waals surface area contributed by atoms with Gasteiger partial charge in [-0.25, -0.2) is 4.52 Å². The first kappa shape index (κ1) is 21.0. The van der Waals surface area contributed by atoms with E-state index in [4.69, 9.17) is 5.73 Å². The Balaban J connectivity index is 1.44. The van der Waals surface area contributed by atoms with Gasteiger partial charge in [-0.15, -0.1) is 0 Å². The van der Waals surface area contributed by atoms with E-state index in [0.29, 0.717) is 23.3 Å². The van der Waals surface area contributed by atoms with Crippen molar-refractivity contribution in [3.05, 3.63) is 36.4 Å². The summed E-state index contributed by atoms with van der Waals surface area (Å²) >= 11 is 0. The molecule has 9 heteroatoms. The predicted octanol–water partition coefficient (Wildman–Crippen LogP) is 1.58. The van der Waals surface area contributed by atoms with Crippen molar-refractivity contribution in [3.8, 4) is 11.1 Å². The molecule has 3 aromatic rings. The summed E-state index contributed by atoms with van der Waals surface area (Å²) in [6.45, 7) is 6.90. The van der Waals surface area contributed by atoms with Crippen LogP contribution in [0.1, 0.15) is 30.6 Å². The molecule has 0 bridgehead atoms. The molecule has 2 aliphatic rings. The largest absolute Gasteiger partial charge is 0.392 e. The summed E-state index contributed by atoms with van der Waals surface area (Å²) in [6.07, 6.45) is 8.00. The summed E-state index contributed by atoms with van der Waals surface area (Å²) in [7, 11) is 1.89. The van der Waals surface area contributed by atoms with Crippen LogP contribution in [0.3, 0.4) is 0 Å². The van der Waals surface area contributed by atoms with Crippen LogP contribution in [0.15, 0.2) is 30.9 Å². The third kappa shape index (κ3) is 3.65. The molecule has 1 aliphatic heterocycles. The Hall–Kier alpha value is -2.91. The molecular formula is C23H31N7O2. The van der Waals surface area contributed by atoms with Gasteiger partial charge in [0, 0.05) is 56.2 Å². The number of primary amides is 1. The molecule has 32 heavy (non-hydrogen) atoms. The van der Waals surface area contributed by atoms with Gasteiger partial charge in [0.05, 0.1) is 35.3 Å². The zero-order chi connectivity index (χ0) is 22.6. The van der Waals surface area contributed by atoms with E-state index in [1.54, 1.807) is 15.4 Å². The van der Waals surface area contributed by atoms with Gasteiger partial charge in [0.15, 0.2) is 0 Å². The van der Waals surface area contributed by atoms with Crippen molar-refractivity contribution < 1.29 is 9.90 Å². The number of rotatable bonds is 6. The number of nitrogens with one attached hydrogen (secondary N) is 1. The second-order valence-electron chi connectivity index (χ2n) is 9.60. The molecule has 4 N–H and O–H groups in total. The number of likely N-dealkylation sites (tertiary alicyclic amines) is 1. The summed E-state index contributed by atoms with van der Waals surface area (Å²) in [4.78, 5) is 14.6. The molecule has 0 spiro atoms. The minimum Gasteiger partial charge on any atom is -0.392 e. The molecule has 2 unspecified atom stereocenters. The zero-order valence-electron chi connectivity index (χ0n) is 18.8. The molecule has 1 amide bonds. The Kier molecular flexibility index (Phi) is 5.17. The summed E-state index contributed by atoms with van der Waals surface area (Å²) < 4.78 is 3.56. The van der Waals surface area contributed by atoms with Crippen LogP contribution in [0.5, 0.6) is 0 Å². The number of β-amino-alcohol motifs (C(OH)–C–C–N with tert-alkyl or cyclic N) is 1. The van der Waals surface area contributed by atoms with Crippen molar-refractivity contribution >= 4 is 17.1 Å². The van der Waals surface area contributed by atoms with E-state index in [2.05, 4.69) is 27.3 Å². The summed E-state index contributed by atoms with van der Waals surface area (Å²) in [5.41, 5.74) is 9.69. The third-order valence-corrected chi connectivity index (χ3v) is 7.23. The van der Waals surface area contributed by atoms with Crippen LogP contribution in [0.25, 0.3) is 16.6 Å². The minimum atomic E-state index is -0.486. The standard InChI is InChI=1S/C23H31N7O2/c1-13(31)8-29-10-16-4-20(14(2)19(16)12-29)27-22-18(23(24)32)7-26-30-11-15(5-21(22)30)17-6-25-28(3)9-17/h5-7,9,11,13-14,16,19-20,27,31H,4,8,10,12H2,1-3H3,(H2,24,32)/t13-,14-,16?,19?,20-/m1/s1. The fourth-order valence-electron chi connectivity index (χ4n) is 5.69. The van der Waals surface area contributed by atoms with E-state index in [9.17, 15) is 9.90 Å². The molecule has 5 atom stereocenters. The average Bonchev–Trinajstić information content (AvgIpc) is 3.47. The molecule has 4 heterocycles. The smallest absolute Gasteiger partial charge is 0.252 e. The number of amides is 1. The van der Waals surface area contributed by atoms with Crippen molar-refractivity contribution in [3.63, 3.8) is 0 Å². The van der Waals surface area contributed by atoms with Gasteiger partial charge in [0.1, 0.15) is 0 Å². The minimum absolute atomic E-state index is 0.250. The molecule has 3 aromatic heterocycles. The maximum absolute atomic E-state index is 12.2. The van der Waals surface area contributed by atoms with E-state index in [1.807, 2.05) is 38.6 Å². The summed E-state index contributed by atoms with van der Waals surface area (Å²) in [5, 5.41) is 22.1. The molecule has 1 saturated heterocycles. The first-order valence-electron chi connectivity index (χ1n) is 11.3. The van der Waals surface area contributed by atoms with Crippen molar-refractivity contribution in [2.75, 3.05) is 25.0 Å². The molecule has 1 aliphatic carbocycles. The lowest BCUT2D eigenvalue weighted by Gasteiger charge is -2.26. The van der Waals surface area contributed by atoms with Crippen molar-refractivity contribution in [2.45, 2.75) is 32.4 Å². The molecular weight excluding hydrogens is 406 g/mol. The van der Waals surface area contributed by atoms with E-state index >= 15 is 0 Å². The highest BCUT2D eigenvalue weighted by molar-refractivity contribution is 6.02. The Bertz CT molecular complexity index is 1150. The number of carbonyl (C=O) groups excluding carboxylic acids is 1. The van der Waals surface area contributed by atoms with Gasteiger partial charge in [-0.1, -0.05) is 6.92 Å². The summed E-state index contributed by atoms with van der Waals surface area (Å²) in [5.74, 6) is 1.13. The van der Waals surface area contributed by atoms with E-state index in [1.165, 1.54) is 0 Å². The van der Waals surface area contributed by atoms with Crippen LogP contribution in [0.4, 0.5) is 5.69 Å². The maximum atomic E-state index is 12.2. The number of hydrogen-bond donors (Lipinski definition) is 3. The number of nitrogens with zero attached hydrogens (tertiary/aromatic N) is 5. The number of nitrogens with two attached hydrogens (primary N) is 1. The van der Waals surface area contributed by atoms with Gasteiger partial charge in [0.25, 0.3) is 5.91 Å². The average molecular weight is 438 g/mol. The SMILES string of the molecule is C[C@@H]1C2CN(C[C@@H](C)O)CC2C[C@H]1Nc1c(C(N)=O)cnn2cc(-c3cnn(C)c3)cc12. The molecule has 1 saturated carbocycles. The van der Waals surface area contributed by atoms with Gasteiger partial charge in [-0.2, -0.15) is 10.2 Å². The first-order chi connectivity index (χ1) is 15.3. The zero-order valence-corrected chi connectivity index (χ0v) is 18.8. The number of aliphatic hydroxyl groups excluding tert-OH is 1. The first-order valence-corrected chi connectivity index (χ1v) is 11.3. The lowest BCUT2D eigenvalue weighted by molar-refractivity contribution is 0.100. The molecule has 2 fully saturated rings. The molecule has 170 valence electrons. The fraction of sp³-hybridized carbons (Fsp3) is 0.522. The van der Waals surface area contributed by atoms with Crippen LogP contribution in [-0.4, -0.2) is 67.1 Å². The van der Waals surface area contributed by atoms with Crippen molar-refractivity contribution in [2.24, 2.45) is 30.5 Å².